The fraction of sp³-hybridized carbons (Fsp3) is 0.579. The van der Waals surface area contributed by atoms with E-state index >= 15 is 0 Å². The molecule has 7 nitrogen and oxygen atoms in total. The third kappa shape index (κ3) is 5.21. The highest BCUT2D eigenvalue weighted by Gasteiger charge is 2.36. The third-order valence-corrected chi connectivity index (χ3v) is 8.53. The molecule has 0 spiro atoms. The summed E-state index contributed by atoms with van der Waals surface area (Å²) in [4.78, 5) is 24.0. The molecule has 1 aromatic heterocycles. The number of nitrogens with one attached hydrogen (secondary N) is 2. The van der Waals surface area contributed by atoms with E-state index in [1.54, 1.807) is 17.5 Å². The Balaban J connectivity index is 1.45. The third-order valence-electron chi connectivity index (χ3n) is 5.20. The zero-order valence-corrected chi connectivity index (χ0v) is 17.5. The molecule has 1 atom stereocenters. The first kappa shape index (κ1) is 21.0. The molecule has 1 unspecified atom stereocenters. The number of allylic oxidation sites excluding steroid dienone is 1. The van der Waals surface area contributed by atoms with E-state index in [-0.39, 0.29) is 12.6 Å². The van der Waals surface area contributed by atoms with E-state index in [4.69, 9.17) is 0 Å². The second-order valence-electron chi connectivity index (χ2n) is 7.17. The highest BCUT2D eigenvalue weighted by Crippen LogP contribution is 2.28. The summed E-state index contributed by atoms with van der Waals surface area (Å²) in [5.41, 5.74) is 1.34. The number of sulfonamides is 1. The van der Waals surface area contributed by atoms with E-state index in [2.05, 4.69) is 16.7 Å². The Hall–Kier alpha value is -1.71. The molecule has 2 aliphatic rings. The van der Waals surface area contributed by atoms with Crippen molar-refractivity contribution in [2.75, 3.05) is 19.6 Å². The summed E-state index contributed by atoms with van der Waals surface area (Å²) in [5.74, 6) is -1.37. The molecule has 0 radical (unpaired) electrons. The van der Waals surface area contributed by atoms with Crippen molar-refractivity contribution in [1.82, 2.24) is 14.9 Å². The van der Waals surface area contributed by atoms with E-state index in [0.29, 0.717) is 23.7 Å². The Morgan fingerprint density at radius 2 is 2.00 bits per heavy atom. The predicted octanol–water partition coefficient (Wildman–Crippen LogP) is 2.02. The Bertz CT molecular complexity index is 818. The van der Waals surface area contributed by atoms with Gasteiger partial charge < -0.3 is 10.6 Å². The van der Waals surface area contributed by atoms with Crippen molar-refractivity contribution < 1.29 is 18.0 Å². The van der Waals surface area contributed by atoms with E-state index < -0.39 is 21.8 Å². The van der Waals surface area contributed by atoms with Crippen LogP contribution in [0.2, 0.25) is 0 Å². The van der Waals surface area contributed by atoms with Crippen molar-refractivity contribution in [2.45, 2.75) is 55.2 Å². The van der Waals surface area contributed by atoms with E-state index in [1.165, 1.54) is 34.1 Å². The summed E-state index contributed by atoms with van der Waals surface area (Å²) in [6, 6.07) is 2.97. The summed E-state index contributed by atoms with van der Waals surface area (Å²) >= 11 is 1.18. The largest absolute Gasteiger partial charge is 0.348 e. The van der Waals surface area contributed by atoms with Crippen LogP contribution >= 0.6 is 11.3 Å². The minimum absolute atomic E-state index is 0.141. The maximum Gasteiger partial charge on any atom is 0.309 e. The summed E-state index contributed by atoms with van der Waals surface area (Å²) in [6.45, 7) is 1.02. The lowest BCUT2D eigenvalue weighted by molar-refractivity contribution is -0.139. The van der Waals surface area contributed by atoms with Crippen LogP contribution in [0.15, 0.2) is 33.4 Å². The van der Waals surface area contributed by atoms with Crippen LogP contribution in [0.4, 0.5) is 0 Å². The van der Waals surface area contributed by atoms with Crippen molar-refractivity contribution in [1.29, 1.82) is 0 Å². The van der Waals surface area contributed by atoms with Gasteiger partial charge in [-0.3, -0.25) is 9.59 Å². The number of carbonyl (C=O) groups is 2. The van der Waals surface area contributed by atoms with Gasteiger partial charge in [-0.1, -0.05) is 17.7 Å². The highest BCUT2D eigenvalue weighted by molar-refractivity contribution is 7.91. The summed E-state index contributed by atoms with van der Waals surface area (Å²) in [6.07, 6.45) is 8.97. The molecule has 9 heteroatoms. The lowest BCUT2D eigenvalue weighted by atomic mass is 9.97. The zero-order valence-electron chi connectivity index (χ0n) is 15.9. The molecule has 1 fully saturated rings. The average Bonchev–Trinajstić information content (AvgIpc) is 3.39. The normalized spacial score (nSPS) is 20.6. The van der Waals surface area contributed by atoms with Gasteiger partial charge in [-0.15, -0.1) is 11.3 Å². The number of nitrogens with zero attached hydrogens (tertiary/aromatic N) is 1. The molecule has 0 aromatic carbocycles. The number of hydrogen-bond donors (Lipinski definition) is 2. The van der Waals surface area contributed by atoms with Crippen molar-refractivity contribution in [3.63, 3.8) is 0 Å². The van der Waals surface area contributed by atoms with E-state index in [9.17, 15) is 18.0 Å². The Kier molecular flexibility index (Phi) is 7.25. The Morgan fingerprint density at radius 1 is 1.18 bits per heavy atom. The van der Waals surface area contributed by atoms with Crippen molar-refractivity contribution >= 4 is 33.2 Å². The molecule has 1 aromatic rings. The van der Waals surface area contributed by atoms with Gasteiger partial charge in [-0.25, -0.2) is 8.42 Å². The highest BCUT2D eigenvalue weighted by atomic mass is 32.2. The van der Waals surface area contributed by atoms with Gasteiger partial charge in [0.2, 0.25) is 0 Å². The summed E-state index contributed by atoms with van der Waals surface area (Å²) in [5, 5.41) is 6.97. The second kappa shape index (κ2) is 9.67. The van der Waals surface area contributed by atoms with Gasteiger partial charge in [0.15, 0.2) is 0 Å². The SMILES string of the molecule is O=C(NCCC1=CCCCC1)C(=O)NCC1CCCN1S(=O)(=O)c1cccs1. The second-order valence-corrected chi connectivity index (χ2v) is 10.2. The first-order valence-electron chi connectivity index (χ1n) is 9.78. The van der Waals surface area contributed by atoms with Crippen molar-refractivity contribution in [3.8, 4) is 0 Å². The van der Waals surface area contributed by atoms with Gasteiger partial charge in [0.1, 0.15) is 4.21 Å². The molecule has 2 amide bonds. The van der Waals surface area contributed by atoms with E-state index in [1.807, 2.05) is 0 Å². The van der Waals surface area contributed by atoms with Crippen LogP contribution in [0.3, 0.4) is 0 Å². The molecule has 1 saturated heterocycles. The van der Waals surface area contributed by atoms with Crippen LogP contribution in [0.25, 0.3) is 0 Å². The number of hydrogen-bond acceptors (Lipinski definition) is 5. The molecule has 154 valence electrons. The molecule has 2 N–H and O–H groups in total. The first-order valence-corrected chi connectivity index (χ1v) is 12.1. The van der Waals surface area contributed by atoms with E-state index in [0.717, 1.165) is 25.7 Å². The van der Waals surface area contributed by atoms with Gasteiger partial charge in [0, 0.05) is 25.7 Å². The fourth-order valence-corrected chi connectivity index (χ4v) is 6.51. The lowest BCUT2D eigenvalue weighted by Gasteiger charge is -2.23. The smallest absolute Gasteiger partial charge is 0.309 e. The first-order chi connectivity index (χ1) is 13.5. The topological polar surface area (TPSA) is 95.6 Å². The molecule has 2 heterocycles. The molecular weight excluding hydrogens is 398 g/mol. The van der Waals surface area contributed by atoms with Crippen molar-refractivity contribution in [3.05, 3.63) is 29.2 Å². The number of carbonyl (C=O) groups excluding carboxylic acids is 2. The molecule has 3 rings (SSSR count). The standard InChI is InChI=1S/C19H27N3O4S2/c23-18(20-11-10-15-6-2-1-3-7-15)19(24)21-14-16-8-4-12-22(16)28(25,26)17-9-5-13-27-17/h5-6,9,13,16H,1-4,7-8,10-12,14H2,(H,20,23)(H,21,24). The van der Waals surface area contributed by atoms with Crippen LogP contribution < -0.4 is 10.6 Å². The van der Waals surface area contributed by atoms with Crippen LogP contribution in [-0.4, -0.2) is 50.2 Å². The Labute approximate surface area is 170 Å². The number of rotatable bonds is 7. The average molecular weight is 426 g/mol. The van der Waals surface area contributed by atoms with Crippen LogP contribution in [0, 0.1) is 0 Å². The number of amides is 2. The van der Waals surface area contributed by atoms with Gasteiger partial charge in [-0.2, -0.15) is 4.31 Å². The van der Waals surface area contributed by atoms with Gasteiger partial charge in [-0.05, 0) is 56.4 Å². The van der Waals surface area contributed by atoms with Crippen LogP contribution in [-0.2, 0) is 19.6 Å². The molecule has 1 aliphatic carbocycles. The predicted molar refractivity (Wildman–Crippen MR) is 108 cm³/mol. The molecule has 28 heavy (non-hydrogen) atoms. The van der Waals surface area contributed by atoms with Crippen molar-refractivity contribution in [2.24, 2.45) is 0 Å². The molecule has 0 bridgehead atoms. The Morgan fingerprint density at radius 3 is 2.71 bits per heavy atom. The monoisotopic (exact) mass is 425 g/mol. The molecular formula is C19H27N3O4S2. The molecule has 1 aliphatic heterocycles. The van der Waals surface area contributed by atoms with Gasteiger partial charge in [0.25, 0.3) is 10.0 Å². The van der Waals surface area contributed by atoms with Crippen LogP contribution in [0.1, 0.15) is 44.9 Å². The summed E-state index contributed by atoms with van der Waals surface area (Å²) in [7, 11) is -3.55. The zero-order chi connectivity index (χ0) is 20.0. The fourth-order valence-electron chi connectivity index (χ4n) is 3.69. The maximum atomic E-state index is 12.7. The summed E-state index contributed by atoms with van der Waals surface area (Å²) < 4.78 is 27.2. The minimum atomic E-state index is -3.55. The van der Waals surface area contributed by atoms with Crippen LogP contribution in [0.5, 0.6) is 0 Å². The van der Waals surface area contributed by atoms with Gasteiger partial charge >= 0.3 is 11.8 Å². The number of thiophene rings is 1. The maximum absolute atomic E-state index is 12.7. The minimum Gasteiger partial charge on any atom is -0.348 e. The lowest BCUT2D eigenvalue weighted by Crippen LogP contribution is -2.47. The van der Waals surface area contributed by atoms with Gasteiger partial charge in [0.05, 0.1) is 0 Å². The molecule has 0 saturated carbocycles. The quantitative estimate of drug-likeness (QED) is 0.516.